The molecule has 0 spiro atoms. The van der Waals surface area contributed by atoms with E-state index in [2.05, 4.69) is 15.5 Å². The van der Waals surface area contributed by atoms with Gasteiger partial charge in [0.25, 0.3) is 0 Å². The molecule has 0 aliphatic carbocycles. The van der Waals surface area contributed by atoms with E-state index >= 15 is 0 Å². The van der Waals surface area contributed by atoms with Gasteiger partial charge in [0, 0.05) is 38.0 Å². The lowest BCUT2D eigenvalue weighted by Gasteiger charge is -2.09. The van der Waals surface area contributed by atoms with Crippen molar-refractivity contribution in [2.24, 2.45) is 0 Å². The molecule has 14 heavy (non-hydrogen) atoms. The van der Waals surface area contributed by atoms with Gasteiger partial charge in [0.05, 0.1) is 6.10 Å². The lowest BCUT2D eigenvalue weighted by atomic mass is 10.2. The van der Waals surface area contributed by atoms with Crippen LogP contribution >= 0.6 is 0 Å². The monoisotopic (exact) mass is 195 g/mol. The van der Waals surface area contributed by atoms with E-state index in [-0.39, 0.29) is 0 Å². The molecule has 1 fully saturated rings. The van der Waals surface area contributed by atoms with Gasteiger partial charge in [-0.2, -0.15) is 5.10 Å². The van der Waals surface area contributed by atoms with Gasteiger partial charge < -0.3 is 10.1 Å². The van der Waals surface area contributed by atoms with E-state index in [0.29, 0.717) is 6.10 Å². The van der Waals surface area contributed by atoms with Crippen LogP contribution in [0.25, 0.3) is 0 Å². The van der Waals surface area contributed by atoms with E-state index in [0.717, 1.165) is 26.1 Å². The van der Waals surface area contributed by atoms with Crippen molar-refractivity contribution in [3.05, 3.63) is 18.0 Å². The fourth-order valence-corrected chi connectivity index (χ4v) is 1.72. The SMILES string of the molecule is c1cc(CCNCC2CCCO2)[nH]n1. The highest BCUT2D eigenvalue weighted by molar-refractivity contribution is 4.97. The number of hydrogen-bond donors (Lipinski definition) is 2. The molecule has 1 unspecified atom stereocenters. The Bertz CT molecular complexity index is 242. The molecule has 1 aliphatic rings. The predicted molar refractivity (Wildman–Crippen MR) is 54.1 cm³/mol. The largest absolute Gasteiger partial charge is 0.377 e. The molecule has 4 heteroatoms. The van der Waals surface area contributed by atoms with Crippen LogP contribution in [0.1, 0.15) is 18.5 Å². The zero-order valence-electron chi connectivity index (χ0n) is 8.33. The Balaban J connectivity index is 1.55. The molecule has 0 bridgehead atoms. The van der Waals surface area contributed by atoms with Gasteiger partial charge in [-0.3, -0.25) is 5.10 Å². The molecule has 2 N–H and O–H groups in total. The van der Waals surface area contributed by atoms with Crippen molar-refractivity contribution < 1.29 is 4.74 Å². The van der Waals surface area contributed by atoms with E-state index in [9.17, 15) is 0 Å². The number of hydrogen-bond acceptors (Lipinski definition) is 3. The molecule has 1 atom stereocenters. The second-order valence-electron chi connectivity index (χ2n) is 3.67. The maximum Gasteiger partial charge on any atom is 0.0700 e. The molecule has 1 aromatic heterocycles. The van der Waals surface area contributed by atoms with Gasteiger partial charge in [0.2, 0.25) is 0 Å². The van der Waals surface area contributed by atoms with Crippen LogP contribution in [-0.4, -0.2) is 36.0 Å². The van der Waals surface area contributed by atoms with Crippen LogP contribution in [0.15, 0.2) is 12.3 Å². The van der Waals surface area contributed by atoms with Crippen molar-refractivity contribution in [2.75, 3.05) is 19.7 Å². The molecular formula is C10H17N3O. The van der Waals surface area contributed by atoms with E-state index in [1.54, 1.807) is 6.20 Å². The molecule has 0 saturated carbocycles. The van der Waals surface area contributed by atoms with Gasteiger partial charge in [0.1, 0.15) is 0 Å². The van der Waals surface area contributed by atoms with Crippen molar-refractivity contribution in [3.8, 4) is 0 Å². The van der Waals surface area contributed by atoms with Gasteiger partial charge in [-0.05, 0) is 18.9 Å². The molecule has 4 nitrogen and oxygen atoms in total. The molecule has 2 rings (SSSR count). The van der Waals surface area contributed by atoms with Crippen LogP contribution in [0.5, 0.6) is 0 Å². The number of aromatic nitrogens is 2. The minimum Gasteiger partial charge on any atom is -0.377 e. The number of nitrogens with zero attached hydrogens (tertiary/aromatic N) is 1. The smallest absolute Gasteiger partial charge is 0.0700 e. The van der Waals surface area contributed by atoms with Crippen LogP contribution in [0, 0.1) is 0 Å². The van der Waals surface area contributed by atoms with Crippen LogP contribution in [0.4, 0.5) is 0 Å². The number of aromatic amines is 1. The highest BCUT2D eigenvalue weighted by Crippen LogP contribution is 2.10. The van der Waals surface area contributed by atoms with E-state index in [1.165, 1.54) is 18.5 Å². The molecule has 0 radical (unpaired) electrons. The first-order chi connectivity index (χ1) is 6.95. The maximum atomic E-state index is 5.51. The minimum atomic E-state index is 0.441. The Kier molecular flexibility index (Phi) is 3.54. The summed E-state index contributed by atoms with van der Waals surface area (Å²) in [5, 5.41) is 10.2. The number of nitrogens with one attached hydrogen (secondary N) is 2. The summed E-state index contributed by atoms with van der Waals surface area (Å²) in [6.07, 6.45) is 5.66. The van der Waals surface area contributed by atoms with E-state index in [4.69, 9.17) is 4.74 Å². The van der Waals surface area contributed by atoms with Crippen molar-refractivity contribution in [3.63, 3.8) is 0 Å². The van der Waals surface area contributed by atoms with Crippen LogP contribution in [0.3, 0.4) is 0 Å². The Morgan fingerprint density at radius 2 is 2.64 bits per heavy atom. The zero-order chi connectivity index (χ0) is 9.64. The maximum absolute atomic E-state index is 5.51. The normalized spacial score (nSPS) is 21.6. The molecule has 1 saturated heterocycles. The quantitative estimate of drug-likeness (QED) is 0.681. The molecule has 1 aromatic rings. The van der Waals surface area contributed by atoms with Crippen molar-refractivity contribution in [1.82, 2.24) is 15.5 Å². The molecule has 0 aromatic carbocycles. The summed E-state index contributed by atoms with van der Waals surface area (Å²) < 4.78 is 5.51. The lowest BCUT2D eigenvalue weighted by molar-refractivity contribution is 0.110. The average molecular weight is 195 g/mol. The van der Waals surface area contributed by atoms with Crippen LogP contribution in [0.2, 0.25) is 0 Å². The van der Waals surface area contributed by atoms with Crippen molar-refractivity contribution in [1.29, 1.82) is 0 Å². The van der Waals surface area contributed by atoms with Gasteiger partial charge >= 0.3 is 0 Å². The second kappa shape index (κ2) is 5.12. The Labute approximate surface area is 84.0 Å². The third-order valence-corrected chi connectivity index (χ3v) is 2.53. The van der Waals surface area contributed by atoms with E-state index < -0.39 is 0 Å². The molecule has 2 heterocycles. The van der Waals surface area contributed by atoms with Gasteiger partial charge in [-0.15, -0.1) is 0 Å². The molecule has 78 valence electrons. The third-order valence-electron chi connectivity index (χ3n) is 2.53. The topological polar surface area (TPSA) is 49.9 Å². The summed E-state index contributed by atoms with van der Waals surface area (Å²) in [7, 11) is 0. The fraction of sp³-hybridized carbons (Fsp3) is 0.700. The first kappa shape index (κ1) is 9.68. The summed E-state index contributed by atoms with van der Waals surface area (Å²) in [6, 6.07) is 2.01. The average Bonchev–Trinajstić information content (AvgIpc) is 2.86. The first-order valence-electron chi connectivity index (χ1n) is 5.26. The highest BCUT2D eigenvalue weighted by atomic mass is 16.5. The van der Waals surface area contributed by atoms with Gasteiger partial charge in [-0.25, -0.2) is 0 Å². The Hall–Kier alpha value is -0.870. The Morgan fingerprint density at radius 1 is 1.64 bits per heavy atom. The van der Waals surface area contributed by atoms with Gasteiger partial charge in [-0.1, -0.05) is 0 Å². The summed E-state index contributed by atoms with van der Waals surface area (Å²) in [6.45, 7) is 2.91. The highest BCUT2D eigenvalue weighted by Gasteiger charge is 2.14. The van der Waals surface area contributed by atoms with Crippen LogP contribution in [-0.2, 0) is 11.2 Å². The van der Waals surface area contributed by atoms with Gasteiger partial charge in [0.15, 0.2) is 0 Å². The molecule has 1 aliphatic heterocycles. The zero-order valence-corrected chi connectivity index (χ0v) is 8.33. The predicted octanol–water partition coefficient (Wildman–Crippen LogP) is 0.721. The number of rotatable bonds is 5. The first-order valence-corrected chi connectivity index (χ1v) is 5.26. The lowest BCUT2D eigenvalue weighted by Crippen LogP contribution is -2.27. The minimum absolute atomic E-state index is 0.441. The molecular weight excluding hydrogens is 178 g/mol. The third kappa shape index (κ3) is 2.82. The fourth-order valence-electron chi connectivity index (χ4n) is 1.72. The Morgan fingerprint density at radius 3 is 3.36 bits per heavy atom. The summed E-state index contributed by atoms with van der Waals surface area (Å²) in [5.41, 5.74) is 1.19. The molecule has 0 amide bonds. The van der Waals surface area contributed by atoms with Crippen molar-refractivity contribution in [2.45, 2.75) is 25.4 Å². The standard InChI is InChI=1S/C10H17N3O/c1-2-10(14-7-1)8-11-5-3-9-4-6-12-13-9/h4,6,10-11H,1-3,5,7-8H2,(H,12,13). The van der Waals surface area contributed by atoms with Crippen LogP contribution < -0.4 is 5.32 Å². The summed E-state index contributed by atoms with van der Waals surface area (Å²) in [5.74, 6) is 0. The second-order valence-corrected chi connectivity index (χ2v) is 3.67. The summed E-state index contributed by atoms with van der Waals surface area (Å²) in [4.78, 5) is 0. The van der Waals surface area contributed by atoms with E-state index in [1.807, 2.05) is 6.07 Å². The summed E-state index contributed by atoms with van der Waals surface area (Å²) >= 11 is 0. The number of ether oxygens (including phenoxy) is 1. The number of H-pyrrole nitrogens is 1. The van der Waals surface area contributed by atoms with Crippen molar-refractivity contribution >= 4 is 0 Å².